The topological polar surface area (TPSA) is 35.8 Å². The van der Waals surface area contributed by atoms with Gasteiger partial charge in [-0.25, -0.2) is 0 Å². The van der Waals surface area contributed by atoms with Gasteiger partial charge in [-0.15, -0.1) is 0 Å². The minimum absolute atomic E-state index is 0.697. The van der Waals surface area contributed by atoms with Crippen molar-refractivity contribution in [2.24, 2.45) is 11.1 Å². The third-order valence-corrected chi connectivity index (χ3v) is 4.86. The molecule has 21 heavy (non-hydrogen) atoms. The highest BCUT2D eigenvalue weighted by Crippen LogP contribution is 2.42. The SMILES string of the molecule is CN(C)c1cccc(C2=C(C3CCCC3)CCC2=NO)c1. The van der Waals surface area contributed by atoms with Crippen LogP contribution in [0.15, 0.2) is 35.0 Å². The summed E-state index contributed by atoms with van der Waals surface area (Å²) in [6.07, 6.45) is 7.21. The molecule has 0 radical (unpaired) electrons. The summed E-state index contributed by atoms with van der Waals surface area (Å²) in [6, 6.07) is 8.57. The number of rotatable bonds is 3. The molecule has 0 spiro atoms. The first-order valence-electron chi connectivity index (χ1n) is 7.93. The Kier molecular flexibility index (Phi) is 4.00. The summed E-state index contributed by atoms with van der Waals surface area (Å²) in [5.41, 5.74) is 6.00. The highest BCUT2D eigenvalue weighted by molar-refractivity contribution is 6.26. The Morgan fingerprint density at radius 2 is 1.90 bits per heavy atom. The van der Waals surface area contributed by atoms with Crippen molar-refractivity contribution in [1.29, 1.82) is 0 Å². The minimum atomic E-state index is 0.697. The van der Waals surface area contributed by atoms with Gasteiger partial charge in [0.1, 0.15) is 0 Å². The first kappa shape index (κ1) is 14.2. The van der Waals surface area contributed by atoms with E-state index >= 15 is 0 Å². The number of allylic oxidation sites excluding steroid dienone is 2. The maximum Gasteiger partial charge on any atom is 0.0876 e. The molecule has 112 valence electrons. The van der Waals surface area contributed by atoms with Gasteiger partial charge in [-0.2, -0.15) is 0 Å². The van der Waals surface area contributed by atoms with E-state index in [0.717, 1.165) is 18.6 Å². The summed E-state index contributed by atoms with van der Waals surface area (Å²) in [6.45, 7) is 0. The summed E-state index contributed by atoms with van der Waals surface area (Å²) in [5, 5.41) is 13.0. The Bertz CT molecular complexity index is 581. The lowest BCUT2D eigenvalue weighted by atomic mass is 9.91. The highest BCUT2D eigenvalue weighted by Gasteiger charge is 2.30. The first-order chi connectivity index (χ1) is 10.2. The predicted octanol–water partition coefficient (Wildman–Crippen LogP) is 4.32. The molecule has 3 heteroatoms. The van der Waals surface area contributed by atoms with E-state index in [1.54, 1.807) is 0 Å². The fourth-order valence-corrected chi connectivity index (χ4v) is 3.76. The molecule has 0 bridgehead atoms. The average Bonchev–Trinajstić information content (AvgIpc) is 3.15. The fourth-order valence-electron chi connectivity index (χ4n) is 3.76. The van der Waals surface area contributed by atoms with Crippen molar-refractivity contribution >= 4 is 17.0 Å². The number of oxime groups is 1. The van der Waals surface area contributed by atoms with Crippen molar-refractivity contribution in [1.82, 2.24) is 0 Å². The highest BCUT2D eigenvalue weighted by atomic mass is 16.4. The molecule has 0 aliphatic heterocycles. The van der Waals surface area contributed by atoms with Gasteiger partial charge in [-0.1, -0.05) is 35.7 Å². The maximum atomic E-state index is 9.38. The van der Waals surface area contributed by atoms with Crippen molar-refractivity contribution in [2.45, 2.75) is 38.5 Å². The Hall–Kier alpha value is -1.77. The summed E-state index contributed by atoms with van der Waals surface area (Å²) >= 11 is 0. The average molecular weight is 284 g/mol. The smallest absolute Gasteiger partial charge is 0.0876 e. The lowest BCUT2D eigenvalue weighted by molar-refractivity contribution is 0.319. The Morgan fingerprint density at radius 1 is 1.14 bits per heavy atom. The lowest BCUT2D eigenvalue weighted by Gasteiger charge is -2.17. The van der Waals surface area contributed by atoms with E-state index in [4.69, 9.17) is 0 Å². The van der Waals surface area contributed by atoms with Crippen LogP contribution in [0.4, 0.5) is 5.69 Å². The molecule has 2 aliphatic carbocycles. The van der Waals surface area contributed by atoms with Crippen molar-refractivity contribution < 1.29 is 5.21 Å². The largest absolute Gasteiger partial charge is 0.411 e. The second-order valence-electron chi connectivity index (χ2n) is 6.37. The van der Waals surface area contributed by atoms with Crippen LogP contribution in [-0.4, -0.2) is 25.0 Å². The zero-order valence-electron chi connectivity index (χ0n) is 13.0. The van der Waals surface area contributed by atoms with Crippen molar-refractivity contribution in [2.75, 3.05) is 19.0 Å². The number of benzene rings is 1. The zero-order chi connectivity index (χ0) is 14.8. The minimum Gasteiger partial charge on any atom is -0.411 e. The van der Waals surface area contributed by atoms with Crippen LogP contribution in [0.2, 0.25) is 0 Å². The van der Waals surface area contributed by atoms with E-state index in [1.807, 2.05) is 0 Å². The molecule has 0 heterocycles. The molecule has 1 N–H and O–H groups in total. The molecule has 1 fully saturated rings. The van der Waals surface area contributed by atoms with Crippen molar-refractivity contribution in [3.05, 3.63) is 35.4 Å². The maximum absolute atomic E-state index is 9.38. The second kappa shape index (κ2) is 5.92. The Balaban J connectivity index is 2.06. The molecule has 0 atom stereocenters. The van der Waals surface area contributed by atoms with Crippen LogP contribution >= 0.6 is 0 Å². The molecular formula is C18H24N2O. The molecule has 1 saturated carbocycles. The van der Waals surface area contributed by atoms with Gasteiger partial charge in [-0.05, 0) is 49.3 Å². The summed E-state index contributed by atoms with van der Waals surface area (Å²) < 4.78 is 0. The van der Waals surface area contributed by atoms with Crippen LogP contribution in [-0.2, 0) is 0 Å². The van der Waals surface area contributed by atoms with E-state index in [0.29, 0.717) is 5.92 Å². The molecule has 3 rings (SSSR count). The van der Waals surface area contributed by atoms with Crippen molar-refractivity contribution in [3.63, 3.8) is 0 Å². The van der Waals surface area contributed by atoms with Gasteiger partial charge >= 0.3 is 0 Å². The molecule has 3 nitrogen and oxygen atoms in total. The molecule has 1 aromatic carbocycles. The van der Waals surface area contributed by atoms with E-state index in [-0.39, 0.29) is 0 Å². The van der Waals surface area contributed by atoms with Crippen LogP contribution in [0, 0.1) is 5.92 Å². The number of anilines is 1. The van der Waals surface area contributed by atoms with Gasteiger partial charge in [-0.3, -0.25) is 0 Å². The monoisotopic (exact) mass is 284 g/mol. The quantitative estimate of drug-likeness (QED) is 0.663. The van der Waals surface area contributed by atoms with Gasteiger partial charge in [0, 0.05) is 25.4 Å². The molecule has 0 aromatic heterocycles. The summed E-state index contributed by atoms with van der Waals surface area (Å²) in [5.74, 6) is 0.697. The van der Waals surface area contributed by atoms with Crippen LogP contribution in [0.25, 0.3) is 5.57 Å². The predicted molar refractivity (Wildman–Crippen MR) is 88.1 cm³/mol. The third kappa shape index (κ3) is 2.69. The fraction of sp³-hybridized carbons (Fsp3) is 0.500. The van der Waals surface area contributed by atoms with E-state index in [9.17, 15) is 5.21 Å². The second-order valence-corrected chi connectivity index (χ2v) is 6.37. The van der Waals surface area contributed by atoms with Crippen LogP contribution in [0.5, 0.6) is 0 Å². The number of hydrogen-bond acceptors (Lipinski definition) is 3. The summed E-state index contributed by atoms with van der Waals surface area (Å²) in [7, 11) is 4.11. The molecule has 0 unspecified atom stereocenters. The molecule has 0 amide bonds. The van der Waals surface area contributed by atoms with Crippen molar-refractivity contribution in [3.8, 4) is 0 Å². The molecule has 0 saturated heterocycles. The third-order valence-electron chi connectivity index (χ3n) is 4.86. The molecule has 1 aromatic rings. The van der Waals surface area contributed by atoms with Gasteiger partial charge in [0.05, 0.1) is 5.71 Å². The van der Waals surface area contributed by atoms with E-state index in [1.165, 1.54) is 48.1 Å². The zero-order valence-corrected chi connectivity index (χ0v) is 13.0. The Labute approximate surface area is 127 Å². The van der Waals surface area contributed by atoms with E-state index in [2.05, 4.69) is 48.4 Å². The van der Waals surface area contributed by atoms with Gasteiger partial charge in [0.2, 0.25) is 0 Å². The van der Waals surface area contributed by atoms with Gasteiger partial charge in [0.15, 0.2) is 0 Å². The molecular weight excluding hydrogens is 260 g/mol. The lowest BCUT2D eigenvalue weighted by Crippen LogP contribution is -2.09. The normalized spacial score (nSPS) is 21.5. The van der Waals surface area contributed by atoms with Crippen LogP contribution in [0.3, 0.4) is 0 Å². The van der Waals surface area contributed by atoms with Crippen LogP contribution < -0.4 is 4.90 Å². The number of nitrogens with zero attached hydrogens (tertiary/aromatic N) is 2. The standard InChI is InChI=1S/C18H24N2O/c1-20(2)15-9-5-8-14(12-15)18-16(10-11-17(18)19-21)13-6-3-4-7-13/h5,8-9,12-13,21H,3-4,6-7,10-11H2,1-2H3. The van der Waals surface area contributed by atoms with Gasteiger partial charge in [0.25, 0.3) is 0 Å². The summed E-state index contributed by atoms with van der Waals surface area (Å²) in [4.78, 5) is 2.12. The van der Waals surface area contributed by atoms with E-state index < -0.39 is 0 Å². The molecule has 2 aliphatic rings. The van der Waals surface area contributed by atoms with Gasteiger partial charge < -0.3 is 10.1 Å². The first-order valence-corrected chi connectivity index (χ1v) is 7.93. The Morgan fingerprint density at radius 3 is 2.57 bits per heavy atom. The number of hydrogen-bond donors (Lipinski definition) is 1. The van der Waals surface area contributed by atoms with Crippen LogP contribution in [0.1, 0.15) is 44.1 Å².